The molecule has 2 aliphatic heterocycles. The second kappa shape index (κ2) is 22.3. The summed E-state index contributed by atoms with van der Waals surface area (Å²) in [5.41, 5.74) is 3.34. The molecule has 4 rings (SSSR count). The predicted molar refractivity (Wildman–Crippen MR) is 224 cm³/mol. The van der Waals surface area contributed by atoms with Crippen molar-refractivity contribution in [3.05, 3.63) is 95.1 Å². The van der Waals surface area contributed by atoms with Gasteiger partial charge in [0.25, 0.3) is 30.4 Å². The molecule has 0 bridgehead atoms. The number of fused-ring (bicyclic) bond motifs is 2. The third-order valence-corrected chi connectivity index (χ3v) is 12.7. The van der Waals surface area contributed by atoms with Crippen LogP contribution in [0, 0.1) is 0 Å². The number of benzene rings is 1. The minimum Gasteiger partial charge on any atom is -0.489 e. The van der Waals surface area contributed by atoms with E-state index in [4.69, 9.17) is 24.1 Å². The summed E-state index contributed by atoms with van der Waals surface area (Å²) < 4.78 is 122. The summed E-state index contributed by atoms with van der Waals surface area (Å²) in [5, 5.41) is 9.12. The van der Waals surface area contributed by atoms with Gasteiger partial charge in [-0.3, -0.25) is 18.5 Å². The lowest BCUT2D eigenvalue weighted by Crippen LogP contribution is -2.31. The van der Waals surface area contributed by atoms with Crippen LogP contribution in [0.25, 0.3) is 0 Å². The highest BCUT2D eigenvalue weighted by Gasteiger charge is 2.43. The number of allylic oxidation sites excluding steroid dienone is 7. The van der Waals surface area contributed by atoms with Gasteiger partial charge in [0, 0.05) is 61.2 Å². The largest absolute Gasteiger partial charge is 0.489 e. The number of rotatable bonds is 27. The standard InChI is InChI=1S/C40H56N2O15S3/c1-40(17-7-27-58(45,46)47)35-30-33(60(51,52)53)13-15-36(35)42(19-5-3-4-11-39(43)44)38(40)10-6-9-31-16-21-57-37-29-32(12-14-34(31)37)41(18-8-28-59(48,49)50)20-22-55-25-26-56-24-23-54-2/h6,9-10,12-16,21,29-30,37H,3-5,7-8,11,17-20,22-28H2,1-2H3,(H,43,44)(H,45,46,47)(H,48,49,50)(H,51,52,53)/b9-6+,38-10+. The Morgan fingerprint density at radius 1 is 0.883 bits per heavy atom. The molecule has 20 heteroatoms. The highest BCUT2D eigenvalue weighted by Crippen LogP contribution is 2.51. The first kappa shape index (κ1) is 48.8. The molecule has 60 heavy (non-hydrogen) atoms. The number of aliphatic carboxylic acids is 1. The van der Waals surface area contributed by atoms with Crippen molar-refractivity contribution in [1.29, 1.82) is 0 Å². The number of carbonyl (C=O) groups is 1. The van der Waals surface area contributed by atoms with Crippen molar-refractivity contribution in [3.63, 3.8) is 0 Å². The van der Waals surface area contributed by atoms with Crippen molar-refractivity contribution in [2.45, 2.75) is 68.3 Å². The highest BCUT2D eigenvalue weighted by molar-refractivity contribution is 7.86. The Kier molecular flexibility index (Phi) is 18.1. The molecule has 1 aromatic rings. The molecule has 0 amide bonds. The first-order valence-electron chi connectivity index (χ1n) is 19.6. The topological polar surface area (TPSA) is 244 Å². The van der Waals surface area contributed by atoms with Crippen LogP contribution in [0.3, 0.4) is 0 Å². The Morgan fingerprint density at radius 3 is 2.27 bits per heavy atom. The molecule has 334 valence electrons. The van der Waals surface area contributed by atoms with Gasteiger partial charge in [0.15, 0.2) is 0 Å². The fourth-order valence-electron chi connectivity index (χ4n) is 7.32. The number of hydrogen-bond acceptors (Lipinski definition) is 13. The fourth-order valence-corrected chi connectivity index (χ4v) is 8.83. The van der Waals surface area contributed by atoms with Crippen molar-refractivity contribution in [2.75, 3.05) is 76.2 Å². The summed E-state index contributed by atoms with van der Waals surface area (Å²) in [7, 11) is -11.5. The Hall–Kier alpha value is -3.86. The van der Waals surface area contributed by atoms with Crippen LogP contribution >= 0.6 is 0 Å². The van der Waals surface area contributed by atoms with Crippen LogP contribution in [-0.4, -0.2) is 132 Å². The molecule has 2 atom stereocenters. The van der Waals surface area contributed by atoms with Crippen molar-refractivity contribution in [3.8, 4) is 0 Å². The number of methoxy groups -OCH3 is 1. The van der Waals surface area contributed by atoms with Crippen LogP contribution in [0.1, 0.15) is 57.4 Å². The smallest absolute Gasteiger partial charge is 0.303 e. The lowest BCUT2D eigenvalue weighted by molar-refractivity contribution is -0.137. The number of nitrogens with zero attached hydrogens (tertiary/aromatic N) is 2. The van der Waals surface area contributed by atoms with Gasteiger partial charge in [-0.1, -0.05) is 24.6 Å². The van der Waals surface area contributed by atoms with E-state index in [-0.39, 0.29) is 30.6 Å². The molecule has 4 N–H and O–H groups in total. The molecule has 17 nitrogen and oxygen atoms in total. The Balaban J connectivity index is 1.63. The van der Waals surface area contributed by atoms with Crippen LogP contribution < -0.4 is 4.90 Å². The van der Waals surface area contributed by atoms with E-state index in [0.717, 1.165) is 16.8 Å². The molecule has 1 aromatic carbocycles. The maximum atomic E-state index is 12.2. The van der Waals surface area contributed by atoms with E-state index in [2.05, 4.69) is 0 Å². The zero-order valence-corrected chi connectivity index (χ0v) is 36.3. The van der Waals surface area contributed by atoms with Crippen LogP contribution in [0.5, 0.6) is 0 Å². The van der Waals surface area contributed by atoms with Gasteiger partial charge in [-0.25, -0.2) is 0 Å². The molecule has 1 aliphatic carbocycles. The Bertz CT molecular complexity index is 2180. The van der Waals surface area contributed by atoms with Crippen LogP contribution in [-0.2, 0) is 59.5 Å². The van der Waals surface area contributed by atoms with Gasteiger partial charge in [-0.05, 0) is 92.7 Å². The Morgan fingerprint density at radius 2 is 1.58 bits per heavy atom. The molecule has 0 radical (unpaired) electrons. The highest BCUT2D eigenvalue weighted by atomic mass is 32.2. The summed E-state index contributed by atoms with van der Waals surface area (Å²) in [4.78, 5) is 14.7. The first-order chi connectivity index (χ1) is 28.3. The molecule has 2 heterocycles. The molecular weight excluding hydrogens is 845 g/mol. The lowest BCUT2D eigenvalue weighted by atomic mass is 9.77. The summed E-state index contributed by atoms with van der Waals surface area (Å²) in [6.45, 7) is 5.02. The maximum Gasteiger partial charge on any atom is 0.303 e. The molecule has 0 saturated carbocycles. The normalized spacial score (nSPS) is 19.8. The van der Waals surface area contributed by atoms with Crippen molar-refractivity contribution in [1.82, 2.24) is 4.90 Å². The van der Waals surface area contributed by atoms with Crippen molar-refractivity contribution in [2.24, 2.45) is 0 Å². The molecule has 2 unspecified atom stereocenters. The molecule has 0 saturated heterocycles. The van der Waals surface area contributed by atoms with Crippen LogP contribution in [0.15, 0.2) is 94.4 Å². The summed E-state index contributed by atoms with van der Waals surface area (Å²) in [6, 6.07) is 4.26. The van der Waals surface area contributed by atoms with E-state index in [1.807, 2.05) is 53.2 Å². The van der Waals surface area contributed by atoms with Crippen molar-refractivity contribution < 1.29 is 67.8 Å². The second-order valence-corrected chi connectivity index (χ2v) is 19.2. The quantitative estimate of drug-likeness (QED) is 0.0691. The van der Waals surface area contributed by atoms with Crippen LogP contribution in [0.4, 0.5) is 5.69 Å². The molecule has 0 spiro atoms. The van der Waals surface area contributed by atoms with Gasteiger partial charge in [0.1, 0.15) is 6.10 Å². The fraction of sp³-hybridized carbons (Fsp3) is 0.525. The second-order valence-electron chi connectivity index (χ2n) is 14.7. The van der Waals surface area contributed by atoms with Gasteiger partial charge in [0.2, 0.25) is 0 Å². The summed E-state index contributed by atoms with van der Waals surface area (Å²) >= 11 is 0. The van der Waals surface area contributed by atoms with E-state index in [0.29, 0.717) is 88.9 Å². The lowest BCUT2D eigenvalue weighted by Gasteiger charge is -2.31. The molecular formula is C40H56N2O15S3. The summed E-state index contributed by atoms with van der Waals surface area (Å²) in [6.07, 6.45) is 16.2. The van der Waals surface area contributed by atoms with Gasteiger partial charge in [0.05, 0.1) is 55.7 Å². The van der Waals surface area contributed by atoms with Crippen molar-refractivity contribution >= 4 is 42.0 Å². The Labute approximate surface area is 352 Å². The number of hydrogen-bond donors (Lipinski definition) is 4. The number of carboxylic acids is 1. The van der Waals surface area contributed by atoms with Gasteiger partial charge in [-0.2, -0.15) is 25.3 Å². The maximum absolute atomic E-state index is 12.2. The van der Waals surface area contributed by atoms with E-state index >= 15 is 0 Å². The monoisotopic (exact) mass is 900 g/mol. The van der Waals surface area contributed by atoms with Gasteiger partial charge in [-0.15, -0.1) is 0 Å². The van der Waals surface area contributed by atoms with Gasteiger partial charge >= 0.3 is 5.97 Å². The number of unbranched alkanes of at least 4 members (excludes halogenated alkanes) is 2. The number of ether oxygens (including phenoxy) is 4. The third-order valence-electron chi connectivity index (χ3n) is 10.3. The zero-order valence-electron chi connectivity index (χ0n) is 33.8. The average molecular weight is 901 g/mol. The number of anilines is 1. The summed E-state index contributed by atoms with van der Waals surface area (Å²) in [5.74, 6) is -1.82. The SMILES string of the molecule is COCCOCCOCCN(CCCS(=O)(=O)O)C1=CC2OC=CC(/C=C/C=C3/N(CCCCCC(=O)O)c4ccc(S(=O)(=O)O)cc4C3(C)CCCS(=O)(=O)O)=C2C=C1. The number of carboxylic acid groups (broad SMARTS) is 1. The molecule has 0 aromatic heterocycles. The zero-order chi connectivity index (χ0) is 44.0. The van der Waals surface area contributed by atoms with Gasteiger partial charge < -0.3 is 33.9 Å². The van der Waals surface area contributed by atoms with E-state index in [1.165, 1.54) is 12.1 Å². The minimum atomic E-state index is -4.59. The van der Waals surface area contributed by atoms with E-state index in [1.54, 1.807) is 25.5 Å². The van der Waals surface area contributed by atoms with E-state index < -0.39 is 59.3 Å². The molecule has 0 fully saturated rings. The first-order valence-corrected chi connectivity index (χ1v) is 24.2. The van der Waals surface area contributed by atoms with Crippen LogP contribution in [0.2, 0.25) is 0 Å². The third kappa shape index (κ3) is 14.9. The molecule has 3 aliphatic rings. The van der Waals surface area contributed by atoms with E-state index in [9.17, 15) is 43.7 Å². The predicted octanol–water partition coefficient (Wildman–Crippen LogP) is 4.69. The minimum absolute atomic E-state index is 0.0141. The average Bonchev–Trinajstić information content (AvgIpc) is 3.39.